The molecule has 292 valence electrons. The molecule has 0 atom stereocenters. The van der Waals surface area contributed by atoms with Crippen LogP contribution in [0.15, 0.2) is 97.1 Å². The summed E-state index contributed by atoms with van der Waals surface area (Å²) in [6.07, 6.45) is 7.41. The Morgan fingerprint density at radius 1 is 0.607 bits per heavy atom. The predicted octanol–water partition coefficient (Wildman–Crippen LogP) is 7.95. The number of benzene rings is 4. The summed E-state index contributed by atoms with van der Waals surface area (Å²) < 4.78 is 1.42. The molecule has 0 saturated heterocycles. The SMILES string of the molecule is CC(C)(C)C1=[C-]C(C)(C)c2cc3c(cc21)-c1cc2c(cc1C3)C(C)(C)C=C2C(C)(C)C.Cc1c[cH-]c(C)c1.Cc1ccc([C](=[Zr+2])c2ccc(C)cc2)cc1.[Cl-].[Cl-]. The first-order valence-electron chi connectivity index (χ1n) is 19.7. The fourth-order valence-electron chi connectivity index (χ4n) is 8.27. The quantitative estimate of drug-likeness (QED) is 0.155. The summed E-state index contributed by atoms with van der Waals surface area (Å²) in [6, 6.07) is 33.9. The molecule has 8 rings (SSSR count). The standard InChI is InChI=1S/C31H37.C15H14.C7H9.2ClH.Zr/c1-28(2,3)26-16-30(7,8)24-12-18-11-19-13-25-23(15-21(19)20(18)14-22(24)26)27(29(4,5)6)17-31(25,9)10;1-12-3-7-14(8-4-12)11-15-9-5-13(2)6-10-15;1-6-3-4-7(2)5-6;;;/h12-16H,11H2,1-10H3;3-10H,1-2H3;3-5H,1-2H3;2*1H;/q-1;;-1;;;+2/p-2. The Kier molecular flexibility index (Phi) is 13.7. The van der Waals surface area contributed by atoms with Crippen molar-refractivity contribution in [3.63, 3.8) is 0 Å². The maximum atomic E-state index is 3.85. The van der Waals surface area contributed by atoms with E-state index in [1.165, 1.54) is 116 Å². The van der Waals surface area contributed by atoms with Gasteiger partial charge in [-0.15, -0.1) is 11.6 Å². The van der Waals surface area contributed by atoms with Crippen molar-refractivity contribution in [2.24, 2.45) is 10.8 Å². The Morgan fingerprint density at radius 3 is 1.50 bits per heavy atom. The van der Waals surface area contributed by atoms with Crippen LogP contribution in [0.25, 0.3) is 22.3 Å². The van der Waals surface area contributed by atoms with Gasteiger partial charge in [-0.3, -0.25) is 6.08 Å². The van der Waals surface area contributed by atoms with Crippen molar-refractivity contribution in [1.82, 2.24) is 0 Å². The molecule has 0 fully saturated rings. The first-order valence-corrected chi connectivity index (χ1v) is 21.0. The molecule has 0 aliphatic heterocycles. The maximum Gasteiger partial charge on any atom is -1.00 e. The third-order valence-corrected chi connectivity index (χ3v) is 12.7. The molecule has 5 aromatic carbocycles. The largest absolute Gasteiger partial charge is 1.00 e. The first kappa shape index (κ1) is 45.7. The van der Waals surface area contributed by atoms with Crippen LogP contribution in [0, 0.1) is 44.6 Å². The van der Waals surface area contributed by atoms with Gasteiger partial charge in [-0.25, -0.2) is 17.2 Å². The number of aryl methyl sites for hydroxylation is 4. The van der Waals surface area contributed by atoms with Crippen molar-refractivity contribution < 1.29 is 49.0 Å². The molecule has 3 heteroatoms. The fourth-order valence-corrected chi connectivity index (χ4v) is 9.09. The van der Waals surface area contributed by atoms with E-state index in [-0.39, 0.29) is 46.5 Å². The summed E-state index contributed by atoms with van der Waals surface area (Å²) in [4.78, 5) is 0. The molecular formula is C53H60Cl2Zr-2. The number of fused-ring (bicyclic) bond motifs is 5. The van der Waals surface area contributed by atoms with Crippen molar-refractivity contribution in [1.29, 1.82) is 0 Å². The Labute approximate surface area is 366 Å². The molecule has 0 radical (unpaired) electrons. The zero-order valence-electron chi connectivity index (χ0n) is 36.2. The van der Waals surface area contributed by atoms with Gasteiger partial charge in [0.2, 0.25) is 0 Å². The van der Waals surface area contributed by atoms with E-state index in [2.05, 4.69) is 200 Å². The van der Waals surface area contributed by atoms with E-state index >= 15 is 0 Å². The molecule has 5 aromatic rings. The molecule has 0 bridgehead atoms. The normalized spacial score (nSPS) is 15.2. The van der Waals surface area contributed by atoms with Gasteiger partial charge in [-0.1, -0.05) is 107 Å². The molecule has 0 unspecified atom stereocenters. The summed E-state index contributed by atoms with van der Waals surface area (Å²) in [5.74, 6) is 0. The second kappa shape index (κ2) is 16.7. The van der Waals surface area contributed by atoms with Gasteiger partial charge in [0.25, 0.3) is 0 Å². The number of allylic oxidation sites excluding steroid dienone is 4. The van der Waals surface area contributed by atoms with E-state index in [1.54, 1.807) is 0 Å². The topological polar surface area (TPSA) is 0 Å². The van der Waals surface area contributed by atoms with Gasteiger partial charge in [-0.2, -0.15) is 23.3 Å². The minimum atomic E-state index is -0.0202. The van der Waals surface area contributed by atoms with E-state index in [0.29, 0.717) is 0 Å². The molecule has 0 spiro atoms. The van der Waals surface area contributed by atoms with Crippen LogP contribution in [-0.4, -0.2) is 3.21 Å². The summed E-state index contributed by atoms with van der Waals surface area (Å²) in [7, 11) is 0. The predicted molar refractivity (Wildman–Crippen MR) is 231 cm³/mol. The molecule has 0 aromatic heterocycles. The smallest absolute Gasteiger partial charge is 1.00 e. The van der Waals surface area contributed by atoms with Crippen molar-refractivity contribution in [2.75, 3.05) is 0 Å². The monoisotopic (exact) mass is 856 g/mol. The molecule has 0 amide bonds. The molecule has 0 saturated carbocycles. The molecule has 56 heavy (non-hydrogen) atoms. The summed E-state index contributed by atoms with van der Waals surface area (Å²) in [5.41, 5.74) is 22.9. The van der Waals surface area contributed by atoms with Gasteiger partial charge < -0.3 is 24.8 Å². The fraction of sp³-hybridized carbons (Fsp3) is 0.358. The van der Waals surface area contributed by atoms with E-state index in [4.69, 9.17) is 0 Å². The van der Waals surface area contributed by atoms with E-state index < -0.39 is 0 Å². The third-order valence-electron chi connectivity index (χ3n) is 11.3. The number of halogens is 2. The molecule has 0 nitrogen and oxygen atoms in total. The molecular weight excluding hydrogens is 799 g/mol. The van der Waals surface area contributed by atoms with Gasteiger partial charge in [0, 0.05) is 5.41 Å². The molecule has 3 aliphatic rings. The van der Waals surface area contributed by atoms with Crippen LogP contribution >= 0.6 is 0 Å². The van der Waals surface area contributed by atoms with Crippen molar-refractivity contribution >= 4 is 14.4 Å². The number of hydrogen-bond acceptors (Lipinski definition) is 0. The zero-order valence-corrected chi connectivity index (χ0v) is 40.2. The van der Waals surface area contributed by atoms with E-state index in [0.717, 1.165) is 6.42 Å². The molecule has 3 aliphatic carbocycles. The van der Waals surface area contributed by atoms with Crippen LogP contribution in [0.4, 0.5) is 0 Å². The maximum absolute atomic E-state index is 3.85. The Hall–Kier alpha value is -2.96. The van der Waals surface area contributed by atoms with Crippen LogP contribution < -0.4 is 24.8 Å². The van der Waals surface area contributed by atoms with Gasteiger partial charge in [0.15, 0.2) is 0 Å². The van der Waals surface area contributed by atoms with Crippen LogP contribution in [0.5, 0.6) is 0 Å². The van der Waals surface area contributed by atoms with Crippen molar-refractivity contribution in [3.8, 4) is 11.1 Å². The molecule has 0 N–H and O–H groups in total. The third kappa shape index (κ3) is 9.49. The average Bonchev–Trinajstić information content (AvgIpc) is 3.80. The summed E-state index contributed by atoms with van der Waals surface area (Å²) in [5, 5.41) is 0. The van der Waals surface area contributed by atoms with Gasteiger partial charge in [0.1, 0.15) is 0 Å². The Bertz CT molecular complexity index is 2130. The van der Waals surface area contributed by atoms with Crippen LogP contribution in [0.1, 0.15) is 136 Å². The number of rotatable bonds is 2. The Morgan fingerprint density at radius 2 is 1.09 bits per heavy atom. The first-order chi connectivity index (χ1) is 25.0. The van der Waals surface area contributed by atoms with Crippen LogP contribution in [-0.2, 0) is 41.5 Å². The second-order valence-corrected chi connectivity index (χ2v) is 20.5. The van der Waals surface area contributed by atoms with Crippen molar-refractivity contribution in [3.05, 3.63) is 170 Å². The summed E-state index contributed by atoms with van der Waals surface area (Å²) in [6.45, 7) is 31.8. The van der Waals surface area contributed by atoms with Gasteiger partial charge in [-0.05, 0) is 62.3 Å². The van der Waals surface area contributed by atoms with E-state index in [9.17, 15) is 0 Å². The van der Waals surface area contributed by atoms with Crippen LogP contribution in [0.2, 0.25) is 0 Å². The second-order valence-electron chi connectivity index (χ2n) is 19.3. The summed E-state index contributed by atoms with van der Waals surface area (Å²) >= 11 is 1.46. The van der Waals surface area contributed by atoms with Gasteiger partial charge in [0.05, 0.1) is 0 Å². The minimum Gasteiger partial charge on any atom is -1.00 e. The minimum absolute atomic E-state index is 0. The van der Waals surface area contributed by atoms with Gasteiger partial charge >= 0.3 is 112 Å². The zero-order chi connectivity index (χ0) is 39.5. The average molecular weight is 859 g/mol. The molecule has 0 heterocycles. The van der Waals surface area contributed by atoms with Crippen molar-refractivity contribution in [2.45, 2.75) is 114 Å². The van der Waals surface area contributed by atoms with Crippen LogP contribution in [0.3, 0.4) is 0 Å². The number of hydrogen-bond donors (Lipinski definition) is 0. The van der Waals surface area contributed by atoms with E-state index in [1.807, 2.05) is 0 Å². The Balaban J connectivity index is 0.000000232.